The predicted molar refractivity (Wildman–Crippen MR) is 43.5 cm³/mol. The number of nitrogens with zero attached hydrogens (tertiary/aromatic N) is 2. The molecule has 0 aliphatic carbocycles. The van der Waals surface area contributed by atoms with Gasteiger partial charge in [-0.25, -0.2) is 4.39 Å². The molecule has 1 saturated heterocycles. The van der Waals surface area contributed by atoms with Gasteiger partial charge in [-0.3, -0.25) is 10.00 Å². The second-order valence-electron chi connectivity index (χ2n) is 3.31. The third-order valence-corrected chi connectivity index (χ3v) is 2.24. The summed E-state index contributed by atoms with van der Waals surface area (Å²) in [4.78, 5) is 2.07. The van der Waals surface area contributed by atoms with Gasteiger partial charge in [0.05, 0.1) is 6.20 Å². The average Bonchev–Trinajstić information content (AvgIpc) is 2.33. The van der Waals surface area contributed by atoms with Crippen molar-refractivity contribution in [3.8, 4) is 0 Å². The van der Waals surface area contributed by atoms with Crippen LogP contribution in [0.25, 0.3) is 0 Å². The number of aromatic nitrogens is 2. The van der Waals surface area contributed by atoms with Gasteiger partial charge in [0, 0.05) is 30.9 Å². The van der Waals surface area contributed by atoms with Crippen LogP contribution in [0.4, 0.5) is 4.39 Å². The van der Waals surface area contributed by atoms with Gasteiger partial charge in [0.2, 0.25) is 0 Å². The van der Waals surface area contributed by atoms with Crippen LogP contribution in [0.2, 0.25) is 0 Å². The molecule has 0 amide bonds. The maximum atomic E-state index is 12.4. The van der Waals surface area contributed by atoms with E-state index in [1.807, 2.05) is 6.92 Å². The molecule has 1 aromatic heterocycles. The van der Waals surface area contributed by atoms with Crippen LogP contribution in [-0.2, 0) is 6.54 Å². The van der Waals surface area contributed by atoms with Gasteiger partial charge in [-0.15, -0.1) is 0 Å². The molecule has 0 unspecified atom stereocenters. The molecule has 0 spiro atoms. The smallest absolute Gasteiger partial charge is 0.125 e. The van der Waals surface area contributed by atoms with Crippen molar-refractivity contribution in [2.45, 2.75) is 19.6 Å². The molecular formula is C8H12FN3. The van der Waals surface area contributed by atoms with E-state index in [1.54, 1.807) is 6.20 Å². The summed E-state index contributed by atoms with van der Waals surface area (Å²) in [6.45, 7) is 3.95. The quantitative estimate of drug-likeness (QED) is 0.712. The summed E-state index contributed by atoms with van der Waals surface area (Å²) in [5, 5.41) is 6.77. The lowest BCUT2D eigenvalue weighted by molar-refractivity contribution is 0.0589. The molecule has 0 aromatic carbocycles. The Morgan fingerprint density at radius 3 is 3.00 bits per heavy atom. The number of hydrogen-bond acceptors (Lipinski definition) is 2. The average molecular weight is 169 g/mol. The van der Waals surface area contributed by atoms with Crippen molar-refractivity contribution in [3.05, 3.63) is 17.5 Å². The van der Waals surface area contributed by atoms with Crippen LogP contribution in [0.1, 0.15) is 11.3 Å². The van der Waals surface area contributed by atoms with Crippen LogP contribution >= 0.6 is 0 Å². The summed E-state index contributed by atoms with van der Waals surface area (Å²) < 4.78 is 12.4. The first-order valence-electron chi connectivity index (χ1n) is 4.11. The molecule has 1 aliphatic heterocycles. The first-order chi connectivity index (χ1) is 5.75. The lowest BCUT2D eigenvalue weighted by atomic mass is 10.1. The van der Waals surface area contributed by atoms with E-state index < -0.39 is 6.17 Å². The summed E-state index contributed by atoms with van der Waals surface area (Å²) >= 11 is 0. The van der Waals surface area contributed by atoms with E-state index in [1.165, 1.54) is 5.56 Å². The van der Waals surface area contributed by atoms with Crippen molar-refractivity contribution >= 4 is 0 Å². The van der Waals surface area contributed by atoms with E-state index in [0.29, 0.717) is 13.1 Å². The molecule has 1 aliphatic rings. The van der Waals surface area contributed by atoms with Crippen molar-refractivity contribution in [1.29, 1.82) is 0 Å². The van der Waals surface area contributed by atoms with Crippen LogP contribution in [-0.4, -0.2) is 34.4 Å². The first kappa shape index (κ1) is 7.73. The number of nitrogens with one attached hydrogen (secondary N) is 1. The van der Waals surface area contributed by atoms with E-state index in [9.17, 15) is 4.39 Å². The zero-order valence-corrected chi connectivity index (χ0v) is 7.05. The Kier molecular flexibility index (Phi) is 1.84. The molecule has 4 heteroatoms. The van der Waals surface area contributed by atoms with Gasteiger partial charge >= 0.3 is 0 Å². The third-order valence-electron chi connectivity index (χ3n) is 2.24. The van der Waals surface area contributed by atoms with Gasteiger partial charge in [-0.2, -0.15) is 5.10 Å². The van der Waals surface area contributed by atoms with Crippen LogP contribution in [0, 0.1) is 6.92 Å². The Labute approximate surface area is 70.6 Å². The normalized spacial score (nSPS) is 19.5. The molecule has 1 N–H and O–H groups in total. The SMILES string of the molecule is Cc1[nH]ncc1CN1CC(F)C1. The minimum atomic E-state index is -0.614. The summed E-state index contributed by atoms with van der Waals surface area (Å²) in [7, 11) is 0. The van der Waals surface area contributed by atoms with Crippen molar-refractivity contribution < 1.29 is 4.39 Å². The maximum Gasteiger partial charge on any atom is 0.125 e. The molecule has 3 nitrogen and oxygen atoms in total. The monoisotopic (exact) mass is 169 g/mol. The Balaban J connectivity index is 1.92. The highest BCUT2D eigenvalue weighted by Crippen LogP contribution is 2.15. The van der Waals surface area contributed by atoms with Crippen LogP contribution in [0.3, 0.4) is 0 Å². The molecular weight excluding hydrogens is 157 g/mol. The number of aromatic amines is 1. The summed E-state index contributed by atoms with van der Waals surface area (Å²) in [5.41, 5.74) is 2.25. The second-order valence-corrected chi connectivity index (χ2v) is 3.31. The minimum Gasteiger partial charge on any atom is -0.293 e. The number of aryl methyl sites for hydroxylation is 1. The largest absolute Gasteiger partial charge is 0.293 e. The fourth-order valence-corrected chi connectivity index (χ4v) is 1.41. The number of halogens is 1. The molecule has 2 heterocycles. The van der Waals surface area contributed by atoms with Gasteiger partial charge in [0.1, 0.15) is 6.17 Å². The number of rotatable bonds is 2. The highest BCUT2D eigenvalue weighted by Gasteiger charge is 2.26. The van der Waals surface area contributed by atoms with E-state index in [0.717, 1.165) is 12.2 Å². The second kappa shape index (κ2) is 2.86. The van der Waals surface area contributed by atoms with Crippen LogP contribution < -0.4 is 0 Å². The highest BCUT2D eigenvalue weighted by atomic mass is 19.1. The lowest BCUT2D eigenvalue weighted by Gasteiger charge is -2.33. The maximum absolute atomic E-state index is 12.4. The van der Waals surface area contributed by atoms with E-state index in [4.69, 9.17) is 0 Å². The van der Waals surface area contributed by atoms with E-state index >= 15 is 0 Å². The summed E-state index contributed by atoms with van der Waals surface area (Å²) in [6, 6.07) is 0. The molecule has 0 bridgehead atoms. The molecule has 66 valence electrons. The molecule has 12 heavy (non-hydrogen) atoms. The Morgan fingerprint density at radius 2 is 2.50 bits per heavy atom. The van der Waals surface area contributed by atoms with Gasteiger partial charge in [-0.05, 0) is 6.92 Å². The molecule has 0 atom stereocenters. The molecule has 0 radical (unpaired) electrons. The molecule has 1 aromatic rings. The van der Waals surface area contributed by atoms with E-state index in [-0.39, 0.29) is 0 Å². The first-order valence-corrected chi connectivity index (χ1v) is 4.11. The van der Waals surface area contributed by atoms with Gasteiger partial charge in [-0.1, -0.05) is 0 Å². The van der Waals surface area contributed by atoms with E-state index in [2.05, 4.69) is 15.1 Å². The topological polar surface area (TPSA) is 31.9 Å². The van der Waals surface area contributed by atoms with Gasteiger partial charge < -0.3 is 0 Å². The van der Waals surface area contributed by atoms with Crippen molar-refractivity contribution in [3.63, 3.8) is 0 Å². The minimum absolute atomic E-state index is 0.574. The number of H-pyrrole nitrogens is 1. The zero-order valence-electron chi connectivity index (χ0n) is 7.05. The number of likely N-dealkylation sites (tertiary alicyclic amines) is 1. The molecule has 0 saturated carbocycles. The Bertz CT molecular complexity index is 265. The number of alkyl halides is 1. The van der Waals surface area contributed by atoms with Gasteiger partial charge in [0.15, 0.2) is 0 Å². The molecule has 1 fully saturated rings. The fraction of sp³-hybridized carbons (Fsp3) is 0.625. The Morgan fingerprint density at radius 1 is 1.75 bits per heavy atom. The van der Waals surface area contributed by atoms with Crippen molar-refractivity contribution in [2.75, 3.05) is 13.1 Å². The predicted octanol–water partition coefficient (Wildman–Crippen LogP) is 0.872. The fourth-order valence-electron chi connectivity index (χ4n) is 1.41. The van der Waals surface area contributed by atoms with Gasteiger partial charge in [0.25, 0.3) is 0 Å². The summed E-state index contributed by atoms with van der Waals surface area (Å²) in [5.74, 6) is 0. The molecule has 2 rings (SSSR count). The Hall–Kier alpha value is -0.900. The highest BCUT2D eigenvalue weighted by molar-refractivity contribution is 5.14. The third kappa shape index (κ3) is 1.34. The zero-order chi connectivity index (χ0) is 8.55. The lowest BCUT2D eigenvalue weighted by Crippen LogP contribution is -2.47. The van der Waals surface area contributed by atoms with Crippen LogP contribution in [0.5, 0.6) is 0 Å². The van der Waals surface area contributed by atoms with Crippen molar-refractivity contribution in [1.82, 2.24) is 15.1 Å². The summed E-state index contributed by atoms with van der Waals surface area (Å²) in [6.07, 6.45) is 1.19. The standard InChI is InChI=1S/C8H12FN3/c1-6-7(2-10-11-6)3-12-4-8(9)5-12/h2,8H,3-5H2,1H3,(H,10,11). The van der Waals surface area contributed by atoms with Crippen molar-refractivity contribution in [2.24, 2.45) is 0 Å². The number of hydrogen-bond donors (Lipinski definition) is 1. The van der Waals surface area contributed by atoms with Crippen LogP contribution in [0.15, 0.2) is 6.20 Å².